The quantitative estimate of drug-likeness (QED) is 0.671. The van der Waals surface area contributed by atoms with Crippen molar-refractivity contribution in [3.63, 3.8) is 0 Å². The molecule has 0 aliphatic heterocycles. The second-order valence-electron chi connectivity index (χ2n) is 4.04. The normalized spacial score (nSPS) is 10.4. The van der Waals surface area contributed by atoms with Gasteiger partial charge >= 0.3 is 0 Å². The molecule has 0 aliphatic rings. The summed E-state index contributed by atoms with van der Waals surface area (Å²) in [5, 5.41) is 2.29. The van der Waals surface area contributed by atoms with E-state index >= 15 is 0 Å². The van der Waals surface area contributed by atoms with E-state index in [0.717, 1.165) is 5.56 Å². The predicted molar refractivity (Wildman–Crippen MR) is 70.3 cm³/mol. The number of carbonyl (C=O) groups excluding carboxylic acids is 1. The molecule has 2 aromatic rings. The lowest BCUT2D eigenvalue weighted by atomic mass is 10.1. The molecule has 2 aromatic carbocycles. The topological polar surface area (TPSA) is 29.1 Å². The van der Waals surface area contributed by atoms with Gasteiger partial charge in [0, 0.05) is 29.3 Å². The molecule has 104 valence electrons. The summed E-state index contributed by atoms with van der Waals surface area (Å²) in [6.45, 7) is 0. The Balaban J connectivity index is 2.18. The molecule has 0 radical (unpaired) electrons. The lowest BCUT2D eigenvalue weighted by Gasteiger charge is -2.07. The van der Waals surface area contributed by atoms with Gasteiger partial charge < -0.3 is 5.32 Å². The first kappa shape index (κ1) is 14.4. The monoisotopic (exact) mass is 299 g/mol. The molecule has 2 nitrogen and oxygen atoms in total. The van der Waals surface area contributed by atoms with E-state index < -0.39 is 23.4 Å². The van der Waals surface area contributed by atoms with Gasteiger partial charge in [0.15, 0.2) is 17.5 Å². The number of carbonyl (C=O) groups is 1. The molecule has 2 rings (SSSR count). The van der Waals surface area contributed by atoms with E-state index in [1.165, 1.54) is 12.1 Å². The second kappa shape index (κ2) is 5.96. The average Bonchev–Trinajstić information content (AvgIpc) is 2.44. The summed E-state index contributed by atoms with van der Waals surface area (Å²) in [5.41, 5.74) is 0.971. The zero-order valence-corrected chi connectivity index (χ0v) is 10.8. The van der Waals surface area contributed by atoms with Gasteiger partial charge in [-0.25, -0.2) is 13.2 Å². The Morgan fingerprint density at radius 2 is 1.60 bits per heavy atom. The van der Waals surface area contributed by atoms with E-state index in [4.69, 9.17) is 11.6 Å². The van der Waals surface area contributed by atoms with Crippen molar-refractivity contribution in [3.8, 4) is 0 Å². The minimum absolute atomic E-state index is 0.159. The van der Waals surface area contributed by atoms with Gasteiger partial charge in [-0.2, -0.15) is 0 Å². The molecule has 1 amide bonds. The molecule has 0 saturated heterocycles. The standard InChI is InChI=1S/C14H9ClF3NO/c15-7-8-1-3-9(4-2-8)14(20)19-10-5-11(16)13(18)12(17)6-10/h1-6H,7H2,(H,19,20). The van der Waals surface area contributed by atoms with Crippen molar-refractivity contribution in [3.05, 3.63) is 65.0 Å². The fourth-order valence-corrected chi connectivity index (χ4v) is 1.75. The molecule has 0 heterocycles. The van der Waals surface area contributed by atoms with Crippen LogP contribution >= 0.6 is 11.6 Å². The van der Waals surface area contributed by atoms with Crippen LogP contribution in [0.4, 0.5) is 18.9 Å². The first-order valence-corrected chi connectivity index (χ1v) is 6.15. The van der Waals surface area contributed by atoms with Crippen LogP contribution in [0.2, 0.25) is 0 Å². The highest BCUT2D eigenvalue weighted by molar-refractivity contribution is 6.17. The van der Waals surface area contributed by atoms with Crippen LogP contribution in [0.15, 0.2) is 36.4 Å². The average molecular weight is 300 g/mol. The number of halogens is 4. The number of rotatable bonds is 3. The summed E-state index contributed by atoms with van der Waals surface area (Å²) >= 11 is 5.62. The number of benzene rings is 2. The maximum atomic E-state index is 13.0. The minimum atomic E-state index is -1.57. The molecule has 0 unspecified atom stereocenters. The Hall–Kier alpha value is -2.01. The van der Waals surface area contributed by atoms with Crippen LogP contribution in [0.1, 0.15) is 15.9 Å². The number of alkyl halides is 1. The molecular formula is C14H9ClF3NO. The third-order valence-corrected chi connectivity index (χ3v) is 2.92. The van der Waals surface area contributed by atoms with Gasteiger partial charge in [-0.3, -0.25) is 4.79 Å². The van der Waals surface area contributed by atoms with Crippen LogP contribution in [0, 0.1) is 17.5 Å². The Labute approximate surface area is 118 Å². The molecule has 1 N–H and O–H groups in total. The van der Waals surface area contributed by atoms with Gasteiger partial charge in [0.2, 0.25) is 0 Å². The Morgan fingerprint density at radius 1 is 1.05 bits per heavy atom. The molecule has 0 aliphatic carbocycles. The molecule has 0 fully saturated rings. The number of amides is 1. The van der Waals surface area contributed by atoms with Crippen molar-refractivity contribution >= 4 is 23.2 Å². The third-order valence-electron chi connectivity index (χ3n) is 2.61. The zero-order chi connectivity index (χ0) is 14.7. The highest BCUT2D eigenvalue weighted by Gasteiger charge is 2.13. The molecular weight excluding hydrogens is 291 g/mol. The smallest absolute Gasteiger partial charge is 0.255 e. The predicted octanol–water partition coefficient (Wildman–Crippen LogP) is 4.10. The number of anilines is 1. The van der Waals surface area contributed by atoms with E-state index in [9.17, 15) is 18.0 Å². The Morgan fingerprint density at radius 3 is 2.10 bits per heavy atom. The van der Waals surface area contributed by atoms with Gasteiger partial charge in [0.25, 0.3) is 5.91 Å². The van der Waals surface area contributed by atoms with E-state index in [0.29, 0.717) is 23.6 Å². The summed E-state index contributed by atoms with van der Waals surface area (Å²) < 4.78 is 38.8. The Bertz CT molecular complexity index is 620. The molecule has 0 spiro atoms. The highest BCUT2D eigenvalue weighted by atomic mass is 35.5. The number of hydrogen-bond donors (Lipinski definition) is 1. The number of nitrogens with one attached hydrogen (secondary N) is 1. The number of hydrogen-bond acceptors (Lipinski definition) is 1. The van der Waals surface area contributed by atoms with Crippen LogP contribution in [-0.2, 0) is 5.88 Å². The van der Waals surface area contributed by atoms with Crippen LogP contribution in [0.25, 0.3) is 0 Å². The SMILES string of the molecule is O=C(Nc1cc(F)c(F)c(F)c1)c1ccc(CCl)cc1. The summed E-state index contributed by atoms with van der Waals surface area (Å²) in [7, 11) is 0. The highest BCUT2D eigenvalue weighted by Crippen LogP contribution is 2.18. The van der Waals surface area contributed by atoms with Crippen molar-refractivity contribution in [2.75, 3.05) is 5.32 Å². The molecule has 0 saturated carbocycles. The first-order chi connectivity index (χ1) is 9.51. The van der Waals surface area contributed by atoms with Crippen LogP contribution in [0.5, 0.6) is 0 Å². The summed E-state index contributed by atoms with van der Waals surface area (Å²) in [6.07, 6.45) is 0. The van der Waals surface area contributed by atoms with E-state index in [2.05, 4.69) is 5.32 Å². The van der Waals surface area contributed by atoms with Gasteiger partial charge in [-0.15, -0.1) is 11.6 Å². The lowest BCUT2D eigenvalue weighted by molar-refractivity contribution is 0.102. The molecule has 0 aromatic heterocycles. The second-order valence-corrected chi connectivity index (χ2v) is 4.31. The van der Waals surface area contributed by atoms with Gasteiger partial charge in [0.05, 0.1) is 0 Å². The van der Waals surface area contributed by atoms with E-state index in [1.807, 2.05) is 0 Å². The molecule has 0 atom stereocenters. The van der Waals surface area contributed by atoms with E-state index in [-0.39, 0.29) is 5.69 Å². The zero-order valence-electron chi connectivity index (χ0n) is 10.1. The fourth-order valence-electron chi connectivity index (χ4n) is 1.58. The van der Waals surface area contributed by atoms with Crippen molar-refractivity contribution in [2.45, 2.75) is 5.88 Å². The van der Waals surface area contributed by atoms with Crippen molar-refractivity contribution in [1.29, 1.82) is 0 Å². The lowest BCUT2D eigenvalue weighted by Crippen LogP contribution is -2.12. The first-order valence-electron chi connectivity index (χ1n) is 5.62. The van der Waals surface area contributed by atoms with Gasteiger partial charge in [0.1, 0.15) is 0 Å². The van der Waals surface area contributed by atoms with Crippen molar-refractivity contribution in [2.24, 2.45) is 0 Å². The van der Waals surface area contributed by atoms with Crippen molar-refractivity contribution < 1.29 is 18.0 Å². The molecule has 6 heteroatoms. The van der Waals surface area contributed by atoms with Crippen LogP contribution in [0.3, 0.4) is 0 Å². The maximum Gasteiger partial charge on any atom is 0.255 e. The Kier molecular flexibility index (Phi) is 4.29. The minimum Gasteiger partial charge on any atom is -0.322 e. The van der Waals surface area contributed by atoms with Gasteiger partial charge in [-0.1, -0.05) is 12.1 Å². The maximum absolute atomic E-state index is 13.0. The fraction of sp³-hybridized carbons (Fsp3) is 0.0714. The summed E-state index contributed by atoms with van der Waals surface area (Å²) in [6, 6.07) is 7.81. The van der Waals surface area contributed by atoms with Crippen LogP contribution in [-0.4, -0.2) is 5.91 Å². The largest absolute Gasteiger partial charge is 0.322 e. The van der Waals surface area contributed by atoms with E-state index in [1.54, 1.807) is 12.1 Å². The molecule has 0 bridgehead atoms. The van der Waals surface area contributed by atoms with Crippen molar-refractivity contribution in [1.82, 2.24) is 0 Å². The van der Waals surface area contributed by atoms with Crippen LogP contribution < -0.4 is 5.32 Å². The molecule has 20 heavy (non-hydrogen) atoms. The van der Waals surface area contributed by atoms with Gasteiger partial charge in [-0.05, 0) is 17.7 Å². The summed E-state index contributed by atoms with van der Waals surface area (Å²) in [5.74, 6) is -4.54. The third kappa shape index (κ3) is 3.11. The summed E-state index contributed by atoms with van der Waals surface area (Å²) in [4.78, 5) is 11.8.